The maximum absolute atomic E-state index is 9.38. The van der Waals surface area contributed by atoms with E-state index in [2.05, 4.69) is 12.2 Å². The number of ether oxygens (including phenoxy) is 1. The normalized spacial score (nSPS) is 17.4. The maximum Gasteiger partial charge on any atom is 0.0785 e. The second-order valence-corrected chi connectivity index (χ2v) is 4.40. The van der Waals surface area contributed by atoms with E-state index in [0.717, 1.165) is 19.5 Å². The Bertz CT molecular complexity index is 149. The number of aliphatic hydroxyl groups is 2. The van der Waals surface area contributed by atoms with Crippen molar-refractivity contribution in [2.75, 3.05) is 33.4 Å². The second-order valence-electron chi connectivity index (χ2n) is 4.40. The van der Waals surface area contributed by atoms with Crippen molar-refractivity contribution in [1.82, 2.24) is 5.32 Å². The van der Waals surface area contributed by atoms with E-state index in [1.165, 1.54) is 0 Å². The molecule has 0 aliphatic carbocycles. The Morgan fingerprint density at radius 2 is 2.13 bits per heavy atom. The van der Waals surface area contributed by atoms with Crippen LogP contribution >= 0.6 is 0 Å². The lowest BCUT2D eigenvalue weighted by Crippen LogP contribution is -2.36. The van der Waals surface area contributed by atoms with Gasteiger partial charge in [0.1, 0.15) is 0 Å². The molecule has 0 fully saturated rings. The van der Waals surface area contributed by atoms with Crippen molar-refractivity contribution in [3.8, 4) is 0 Å². The molecule has 2 unspecified atom stereocenters. The van der Waals surface area contributed by atoms with Crippen LogP contribution in [0.15, 0.2) is 0 Å². The maximum atomic E-state index is 9.38. The van der Waals surface area contributed by atoms with E-state index in [9.17, 15) is 5.11 Å². The number of hydrogen-bond acceptors (Lipinski definition) is 4. The molecule has 2 atom stereocenters. The van der Waals surface area contributed by atoms with Crippen molar-refractivity contribution in [2.45, 2.75) is 32.8 Å². The molecule has 0 amide bonds. The summed E-state index contributed by atoms with van der Waals surface area (Å²) in [5.41, 5.74) is -0.0494. The SMILES string of the molecule is CCC(C)(CO)CNCCC(O)COC. The van der Waals surface area contributed by atoms with Gasteiger partial charge in [0.2, 0.25) is 0 Å². The topological polar surface area (TPSA) is 61.7 Å². The van der Waals surface area contributed by atoms with Crippen LogP contribution in [0, 0.1) is 5.41 Å². The molecule has 0 aromatic rings. The first-order valence-electron chi connectivity index (χ1n) is 5.56. The van der Waals surface area contributed by atoms with Crippen molar-refractivity contribution in [1.29, 1.82) is 0 Å². The third kappa shape index (κ3) is 6.84. The van der Waals surface area contributed by atoms with Gasteiger partial charge in [0.25, 0.3) is 0 Å². The zero-order valence-electron chi connectivity index (χ0n) is 10.1. The highest BCUT2D eigenvalue weighted by Gasteiger charge is 2.20. The van der Waals surface area contributed by atoms with Gasteiger partial charge in [-0.3, -0.25) is 0 Å². The molecule has 0 rings (SSSR count). The van der Waals surface area contributed by atoms with Crippen LogP contribution in [0.25, 0.3) is 0 Å². The number of rotatable bonds is 9. The molecule has 4 nitrogen and oxygen atoms in total. The Morgan fingerprint density at radius 1 is 1.47 bits per heavy atom. The van der Waals surface area contributed by atoms with Gasteiger partial charge in [-0.2, -0.15) is 0 Å². The van der Waals surface area contributed by atoms with Crippen LogP contribution in [0.2, 0.25) is 0 Å². The van der Waals surface area contributed by atoms with Crippen LogP contribution in [-0.2, 0) is 4.74 Å². The summed E-state index contributed by atoms with van der Waals surface area (Å²) in [6, 6.07) is 0. The molecule has 0 saturated heterocycles. The predicted octanol–water partition coefficient (Wildman–Crippen LogP) is 0.382. The largest absolute Gasteiger partial charge is 0.396 e. The summed E-state index contributed by atoms with van der Waals surface area (Å²) in [5, 5.41) is 21.8. The standard InChI is InChI=1S/C11H25NO3/c1-4-11(2,9-13)8-12-6-5-10(14)7-15-3/h10,12-14H,4-9H2,1-3H3. The Balaban J connectivity index is 3.52. The fourth-order valence-corrected chi connectivity index (χ4v) is 1.23. The van der Waals surface area contributed by atoms with Gasteiger partial charge in [-0.05, 0) is 19.4 Å². The van der Waals surface area contributed by atoms with Crippen LogP contribution in [0.4, 0.5) is 0 Å². The van der Waals surface area contributed by atoms with Gasteiger partial charge in [-0.25, -0.2) is 0 Å². The average molecular weight is 219 g/mol. The third-order valence-corrected chi connectivity index (χ3v) is 2.80. The van der Waals surface area contributed by atoms with E-state index in [-0.39, 0.29) is 12.0 Å². The van der Waals surface area contributed by atoms with Gasteiger partial charge < -0.3 is 20.3 Å². The molecule has 0 radical (unpaired) electrons. The van der Waals surface area contributed by atoms with Crippen LogP contribution in [-0.4, -0.2) is 49.7 Å². The van der Waals surface area contributed by atoms with Gasteiger partial charge in [0.15, 0.2) is 0 Å². The first-order valence-corrected chi connectivity index (χ1v) is 5.56. The van der Waals surface area contributed by atoms with E-state index in [1.54, 1.807) is 7.11 Å². The van der Waals surface area contributed by atoms with Crippen molar-refractivity contribution in [3.63, 3.8) is 0 Å². The molecule has 92 valence electrons. The van der Waals surface area contributed by atoms with E-state index < -0.39 is 6.10 Å². The number of nitrogens with one attached hydrogen (secondary N) is 1. The Kier molecular flexibility index (Phi) is 7.96. The molecule has 15 heavy (non-hydrogen) atoms. The molecular weight excluding hydrogens is 194 g/mol. The van der Waals surface area contributed by atoms with E-state index >= 15 is 0 Å². The van der Waals surface area contributed by atoms with Crippen LogP contribution in [0.1, 0.15) is 26.7 Å². The summed E-state index contributed by atoms with van der Waals surface area (Å²) in [4.78, 5) is 0. The lowest BCUT2D eigenvalue weighted by atomic mass is 9.88. The highest BCUT2D eigenvalue weighted by Crippen LogP contribution is 2.18. The lowest BCUT2D eigenvalue weighted by Gasteiger charge is -2.26. The molecular formula is C11H25NO3. The van der Waals surface area contributed by atoms with Crippen molar-refractivity contribution < 1.29 is 14.9 Å². The van der Waals surface area contributed by atoms with Gasteiger partial charge in [0.05, 0.1) is 12.7 Å². The molecule has 4 heteroatoms. The second kappa shape index (κ2) is 8.05. The summed E-state index contributed by atoms with van der Waals surface area (Å²) in [6.07, 6.45) is 1.22. The predicted molar refractivity (Wildman–Crippen MR) is 60.9 cm³/mol. The Hall–Kier alpha value is -0.160. The molecule has 0 bridgehead atoms. The Morgan fingerprint density at radius 3 is 2.60 bits per heavy atom. The molecule has 0 saturated carbocycles. The average Bonchev–Trinajstić information content (AvgIpc) is 2.24. The summed E-state index contributed by atoms with van der Waals surface area (Å²) >= 11 is 0. The van der Waals surface area contributed by atoms with E-state index in [0.29, 0.717) is 13.0 Å². The number of methoxy groups -OCH3 is 1. The molecule has 0 spiro atoms. The minimum atomic E-state index is -0.399. The molecule has 0 aliphatic rings. The lowest BCUT2D eigenvalue weighted by molar-refractivity contribution is 0.0582. The van der Waals surface area contributed by atoms with E-state index in [4.69, 9.17) is 9.84 Å². The quantitative estimate of drug-likeness (QED) is 0.491. The van der Waals surface area contributed by atoms with Crippen molar-refractivity contribution >= 4 is 0 Å². The molecule has 0 heterocycles. The highest BCUT2D eigenvalue weighted by atomic mass is 16.5. The first-order chi connectivity index (χ1) is 7.08. The minimum absolute atomic E-state index is 0.0494. The van der Waals surface area contributed by atoms with Crippen LogP contribution < -0.4 is 5.32 Å². The smallest absolute Gasteiger partial charge is 0.0785 e. The van der Waals surface area contributed by atoms with Crippen molar-refractivity contribution in [3.05, 3.63) is 0 Å². The summed E-state index contributed by atoms with van der Waals surface area (Å²) in [6.45, 7) is 6.22. The van der Waals surface area contributed by atoms with Gasteiger partial charge >= 0.3 is 0 Å². The fourth-order valence-electron chi connectivity index (χ4n) is 1.23. The fraction of sp³-hybridized carbons (Fsp3) is 1.00. The number of hydrogen-bond donors (Lipinski definition) is 3. The third-order valence-electron chi connectivity index (χ3n) is 2.80. The highest BCUT2D eigenvalue weighted by molar-refractivity contribution is 4.74. The first kappa shape index (κ1) is 14.8. The summed E-state index contributed by atoms with van der Waals surface area (Å²) in [7, 11) is 1.58. The monoisotopic (exact) mass is 219 g/mol. The molecule has 0 aromatic heterocycles. The molecule has 0 aliphatic heterocycles. The summed E-state index contributed by atoms with van der Waals surface area (Å²) in [5.74, 6) is 0. The summed E-state index contributed by atoms with van der Waals surface area (Å²) < 4.78 is 4.83. The van der Waals surface area contributed by atoms with Crippen LogP contribution in [0.5, 0.6) is 0 Å². The van der Waals surface area contributed by atoms with E-state index in [1.807, 2.05) is 6.92 Å². The molecule has 0 aromatic carbocycles. The number of aliphatic hydroxyl groups excluding tert-OH is 2. The van der Waals surface area contributed by atoms with Gasteiger partial charge in [-0.15, -0.1) is 0 Å². The van der Waals surface area contributed by atoms with Gasteiger partial charge in [0, 0.05) is 25.7 Å². The Labute approximate surface area is 92.6 Å². The minimum Gasteiger partial charge on any atom is -0.396 e. The zero-order chi connectivity index (χ0) is 11.7. The van der Waals surface area contributed by atoms with Crippen LogP contribution in [0.3, 0.4) is 0 Å². The zero-order valence-corrected chi connectivity index (χ0v) is 10.1. The van der Waals surface area contributed by atoms with Gasteiger partial charge in [-0.1, -0.05) is 13.8 Å². The van der Waals surface area contributed by atoms with Crippen molar-refractivity contribution in [2.24, 2.45) is 5.41 Å². The molecule has 3 N–H and O–H groups in total.